The normalized spacial score (nSPS) is 10.1. The first-order valence-electron chi connectivity index (χ1n) is 3.08. The Hall–Kier alpha value is -1.26. The zero-order valence-electron chi connectivity index (χ0n) is 6.09. The molecule has 1 N–H and O–H groups in total. The van der Waals surface area contributed by atoms with Crippen LogP contribution in [-0.2, 0) is 0 Å². The van der Waals surface area contributed by atoms with Gasteiger partial charge < -0.3 is 5.32 Å². The van der Waals surface area contributed by atoms with Crippen LogP contribution >= 0.6 is 0 Å². The summed E-state index contributed by atoms with van der Waals surface area (Å²) in [5.74, 6) is -5.68. The lowest BCUT2D eigenvalue weighted by molar-refractivity contribution is 0.459. The number of nitrogens with one attached hydrogen (secondary N) is 1. The summed E-state index contributed by atoms with van der Waals surface area (Å²) in [4.78, 5) is 0. The van der Waals surface area contributed by atoms with Crippen LogP contribution in [0.1, 0.15) is 0 Å². The average molecular weight is 179 g/mol. The van der Waals surface area contributed by atoms with Gasteiger partial charge in [0.2, 0.25) is 0 Å². The number of rotatable bonds is 1. The van der Waals surface area contributed by atoms with E-state index in [1.54, 1.807) is 0 Å². The summed E-state index contributed by atoms with van der Waals surface area (Å²) in [7, 11) is 1.17. The van der Waals surface area contributed by atoms with E-state index in [2.05, 4.69) is 0 Å². The van der Waals surface area contributed by atoms with Gasteiger partial charge in [-0.05, 0) is 0 Å². The van der Waals surface area contributed by atoms with Gasteiger partial charge in [0.05, 0.1) is 0 Å². The highest BCUT2D eigenvalue weighted by Crippen LogP contribution is 2.23. The van der Waals surface area contributed by atoms with Crippen molar-refractivity contribution in [3.05, 3.63) is 29.3 Å². The van der Waals surface area contributed by atoms with Crippen molar-refractivity contribution in [2.45, 2.75) is 0 Å². The van der Waals surface area contributed by atoms with E-state index in [4.69, 9.17) is 0 Å². The Labute approximate surface area is 66.0 Å². The first-order valence-corrected chi connectivity index (χ1v) is 3.08. The van der Waals surface area contributed by atoms with E-state index in [1.807, 2.05) is 5.32 Å². The van der Waals surface area contributed by atoms with Gasteiger partial charge in [-0.1, -0.05) is 0 Å². The van der Waals surface area contributed by atoms with Gasteiger partial charge in [0, 0.05) is 13.1 Å². The quantitative estimate of drug-likeness (QED) is 0.515. The van der Waals surface area contributed by atoms with Crippen LogP contribution < -0.4 is 5.32 Å². The number of benzene rings is 1. The second kappa shape index (κ2) is 3.00. The highest BCUT2D eigenvalue weighted by atomic mass is 19.2. The molecule has 1 nitrogen and oxygen atoms in total. The molecule has 0 spiro atoms. The summed E-state index contributed by atoms with van der Waals surface area (Å²) in [6.45, 7) is 0. The molecule has 66 valence electrons. The molecule has 0 unspecified atom stereocenters. The summed E-state index contributed by atoms with van der Waals surface area (Å²) in [6, 6.07) is 0.158. The van der Waals surface area contributed by atoms with Gasteiger partial charge >= 0.3 is 0 Å². The van der Waals surface area contributed by atoms with Crippen LogP contribution in [0.15, 0.2) is 6.07 Å². The largest absolute Gasteiger partial charge is 0.383 e. The molecule has 0 aliphatic rings. The Balaban J connectivity index is 3.42. The Bertz CT molecular complexity index is 285. The van der Waals surface area contributed by atoms with E-state index in [9.17, 15) is 17.6 Å². The fourth-order valence-electron chi connectivity index (χ4n) is 0.793. The van der Waals surface area contributed by atoms with Crippen LogP contribution in [0.4, 0.5) is 23.2 Å². The third-order valence-electron chi connectivity index (χ3n) is 1.36. The first-order chi connectivity index (χ1) is 5.57. The van der Waals surface area contributed by atoms with E-state index >= 15 is 0 Å². The topological polar surface area (TPSA) is 12.0 Å². The van der Waals surface area contributed by atoms with Gasteiger partial charge in [-0.3, -0.25) is 0 Å². The first kappa shape index (κ1) is 8.83. The van der Waals surface area contributed by atoms with Crippen molar-refractivity contribution in [2.75, 3.05) is 12.4 Å². The maximum atomic E-state index is 12.6. The van der Waals surface area contributed by atoms with Crippen molar-refractivity contribution >= 4 is 5.69 Å². The Morgan fingerprint density at radius 3 is 1.75 bits per heavy atom. The van der Waals surface area contributed by atoms with Gasteiger partial charge in [-0.15, -0.1) is 0 Å². The van der Waals surface area contributed by atoms with Crippen molar-refractivity contribution in [1.82, 2.24) is 0 Å². The third-order valence-corrected chi connectivity index (χ3v) is 1.36. The van der Waals surface area contributed by atoms with Crippen LogP contribution in [0.25, 0.3) is 0 Å². The number of halogens is 4. The number of anilines is 1. The monoisotopic (exact) mass is 179 g/mol. The van der Waals surface area contributed by atoms with Gasteiger partial charge in [-0.25, -0.2) is 17.6 Å². The second-order valence-electron chi connectivity index (χ2n) is 2.09. The van der Waals surface area contributed by atoms with Gasteiger partial charge in [0.1, 0.15) is 5.69 Å². The minimum absolute atomic E-state index is 0.158. The van der Waals surface area contributed by atoms with Crippen molar-refractivity contribution < 1.29 is 17.6 Å². The van der Waals surface area contributed by atoms with Crippen LogP contribution in [0, 0.1) is 23.3 Å². The Kier molecular flexibility index (Phi) is 2.21. The molecule has 0 bridgehead atoms. The van der Waals surface area contributed by atoms with E-state index in [1.165, 1.54) is 7.05 Å². The lowest BCUT2D eigenvalue weighted by atomic mass is 10.2. The minimum atomic E-state index is -1.42. The molecule has 0 aliphatic heterocycles. The molecule has 5 heteroatoms. The molecule has 1 aromatic rings. The van der Waals surface area contributed by atoms with Gasteiger partial charge in [0.15, 0.2) is 23.3 Å². The standard InChI is InChI=1S/C7H5F4N/c1-12-7-5(10)3(8)2-4(9)6(7)11/h2,12H,1H3. The lowest BCUT2D eigenvalue weighted by Crippen LogP contribution is -2.02. The van der Waals surface area contributed by atoms with E-state index in [0.29, 0.717) is 0 Å². The van der Waals surface area contributed by atoms with Gasteiger partial charge in [-0.2, -0.15) is 0 Å². The highest BCUT2D eigenvalue weighted by molar-refractivity contribution is 5.46. The molecule has 1 rings (SSSR count). The van der Waals surface area contributed by atoms with Crippen molar-refractivity contribution in [3.8, 4) is 0 Å². The minimum Gasteiger partial charge on any atom is -0.383 e. The molecule has 0 aliphatic carbocycles. The molecule has 12 heavy (non-hydrogen) atoms. The van der Waals surface area contributed by atoms with Crippen LogP contribution in [0.5, 0.6) is 0 Å². The molecule has 0 saturated heterocycles. The molecule has 0 atom stereocenters. The summed E-state index contributed by atoms with van der Waals surface area (Å²) >= 11 is 0. The van der Waals surface area contributed by atoms with Crippen molar-refractivity contribution in [3.63, 3.8) is 0 Å². The molecular weight excluding hydrogens is 174 g/mol. The maximum absolute atomic E-state index is 12.6. The second-order valence-corrected chi connectivity index (χ2v) is 2.09. The Morgan fingerprint density at radius 1 is 1.00 bits per heavy atom. The molecule has 1 aromatic carbocycles. The molecule has 0 aromatic heterocycles. The fourth-order valence-corrected chi connectivity index (χ4v) is 0.793. The van der Waals surface area contributed by atoms with Crippen LogP contribution in [-0.4, -0.2) is 7.05 Å². The van der Waals surface area contributed by atoms with E-state index in [0.717, 1.165) is 0 Å². The Morgan fingerprint density at radius 2 is 1.42 bits per heavy atom. The SMILES string of the molecule is CNc1c(F)c(F)cc(F)c1F. The van der Waals surface area contributed by atoms with E-state index in [-0.39, 0.29) is 6.07 Å². The lowest BCUT2D eigenvalue weighted by Gasteiger charge is -2.04. The summed E-state index contributed by atoms with van der Waals surface area (Å²) in [5.41, 5.74) is -0.799. The predicted molar refractivity (Wildman–Crippen MR) is 35.8 cm³/mol. The van der Waals surface area contributed by atoms with Crippen molar-refractivity contribution in [2.24, 2.45) is 0 Å². The predicted octanol–water partition coefficient (Wildman–Crippen LogP) is 2.28. The maximum Gasteiger partial charge on any atom is 0.185 e. The number of hydrogen-bond donors (Lipinski definition) is 1. The number of hydrogen-bond acceptors (Lipinski definition) is 1. The molecule has 0 fully saturated rings. The summed E-state index contributed by atoms with van der Waals surface area (Å²) in [6.07, 6.45) is 0. The molecule has 0 radical (unpaired) electrons. The summed E-state index contributed by atoms with van der Waals surface area (Å²) in [5, 5.41) is 2.02. The van der Waals surface area contributed by atoms with E-state index < -0.39 is 29.0 Å². The van der Waals surface area contributed by atoms with Crippen LogP contribution in [0.3, 0.4) is 0 Å². The smallest absolute Gasteiger partial charge is 0.185 e. The third kappa shape index (κ3) is 1.22. The fraction of sp³-hybridized carbons (Fsp3) is 0.143. The molecule has 0 amide bonds. The zero-order valence-corrected chi connectivity index (χ0v) is 6.09. The summed E-state index contributed by atoms with van der Waals surface area (Å²) < 4.78 is 50.0. The molecular formula is C7H5F4N. The average Bonchev–Trinajstić information content (AvgIpc) is 2.02. The van der Waals surface area contributed by atoms with Crippen LogP contribution in [0.2, 0.25) is 0 Å². The zero-order chi connectivity index (χ0) is 9.30. The van der Waals surface area contributed by atoms with Crippen molar-refractivity contribution in [1.29, 1.82) is 0 Å². The highest BCUT2D eigenvalue weighted by Gasteiger charge is 2.17. The molecule has 0 saturated carbocycles. The van der Waals surface area contributed by atoms with Gasteiger partial charge in [0.25, 0.3) is 0 Å². The molecule has 0 heterocycles.